The van der Waals surface area contributed by atoms with Gasteiger partial charge in [-0.15, -0.1) is 0 Å². The maximum Gasteiger partial charge on any atom is 0.355 e. The minimum Gasteiger partial charge on any atom is -0.354 e. The molecular formula is C17H23FN6O2. The number of anilines is 1. The lowest BCUT2D eigenvalue weighted by Gasteiger charge is -2.21. The highest BCUT2D eigenvalue weighted by molar-refractivity contribution is 5.56. The number of nitrogens with two attached hydrogens (primary N) is 1. The summed E-state index contributed by atoms with van der Waals surface area (Å²) in [6, 6.07) is 0.317. The van der Waals surface area contributed by atoms with Gasteiger partial charge in [-0.2, -0.15) is 4.68 Å². The van der Waals surface area contributed by atoms with Gasteiger partial charge in [-0.25, -0.2) is 18.6 Å². The maximum absolute atomic E-state index is 14.7. The number of rotatable bonds is 4. The van der Waals surface area contributed by atoms with Gasteiger partial charge in [-0.05, 0) is 45.1 Å². The first-order chi connectivity index (χ1) is 12.4. The Morgan fingerprint density at radius 1 is 1.35 bits per heavy atom. The summed E-state index contributed by atoms with van der Waals surface area (Å²) in [5, 5.41) is 3.23. The molecule has 1 saturated heterocycles. The van der Waals surface area contributed by atoms with E-state index in [1.165, 1.54) is 0 Å². The SMILES string of the molecule is CN[C@@H](C)C1CCN(c2nc3c(C4CC4)c(=O)n(N)c(=O)n3cc2F)C1. The third kappa shape index (κ3) is 2.57. The molecule has 2 aliphatic rings. The predicted octanol–water partition coefficient (Wildman–Crippen LogP) is 0.0207. The van der Waals surface area contributed by atoms with E-state index in [0.29, 0.717) is 35.3 Å². The lowest BCUT2D eigenvalue weighted by molar-refractivity contribution is 0.428. The Morgan fingerprint density at radius 2 is 2.08 bits per heavy atom. The van der Waals surface area contributed by atoms with Crippen molar-refractivity contribution < 1.29 is 4.39 Å². The quantitative estimate of drug-likeness (QED) is 0.745. The molecule has 0 bridgehead atoms. The van der Waals surface area contributed by atoms with Crippen LogP contribution in [0.3, 0.4) is 0 Å². The van der Waals surface area contributed by atoms with Gasteiger partial charge in [0.15, 0.2) is 17.3 Å². The lowest BCUT2D eigenvalue weighted by Crippen LogP contribution is -2.44. The molecule has 1 aliphatic heterocycles. The van der Waals surface area contributed by atoms with Crippen LogP contribution in [0, 0.1) is 11.7 Å². The Bertz CT molecular complexity index is 980. The fraction of sp³-hybridized carbons (Fsp3) is 0.588. The number of fused-ring (bicyclic) bond motifs is 1. The van der Waals surface area contributed by atoms with Crippen molar-refractivity contribution in [3.05, 3.63) is 38.4 Å². The summed E-state index contributed by atoms with van der Waals surface area (Å²) >= 11 is 0. The molecule has 2 aromatic rings. The first-order valence-electron chi connectivity index (χ1n) is 8.97. The highest BCUT2D eigenvalue weighted by Crippen LogP contribution is 2.40. The van der Waals surface area contributed by atoms with Gasteiger partial charge in [0.05, 0.1) is 11.8 Å². The highest BCUT2D eigenvalue weighted by Gasteiger charge is 2.33. The number of hydrogen-bond donors (Lipinski definition) is 2. The van der Waals surface area contributed by atoms with Gasteiger partial charge in [-0.1, -0.05) is 0 Å². The lowest BCUT2D eigenvalue weighted by atomic mass is 10.0. The van der Waals surface area contributed by atoms with Crippen LogP contribution in [0.1, 0.15) is 37.7 Å². The summed E-state index contributed by atoms with van der Waals surface area (Å²) in [7, 11) is 1.91. The van der Waals surface area contributed by atoms with Crippen LogP contribution in [0.25, 0.3) is 5.65 Å². The van der Waals surface area contributed by atoms with Crippen molar-refractivity contribution in [1.29, 1.82) is 0 Å². The fourth-order valence-electron chi connectivity index (χ4n) is 3.78. The second kappa shape index (κ2) is 6.08. The van der Waals surface area contributed by atoms with Crippen molar-refractivity contribution in [3.63, 3.8) is 0 Å². The van der Waals surface area contributed by atoms with Crippen molar-refractivity contribution >= 4 is 11.5 Å². The zero-order valence-electron chi connectivity index (χ0n) is 14.9. The van der Waals surface area contributed by atoms with Gasteiger partial charge in [-0.3, -0.25) is 4.79 Å². The molecule has 0 aromatic carbocycles. The van der Waals surface area contributed by atoms with Gasteiger partial charge in [0.1, 0.15) is 0 Å². The van der Waals surface area contributed by atoms with Crippen molar-refractivity contribution in [1.82, 2.24) is 19.4 Å². The van der Waals surface area contributed by atoms with E-state index >= 15 is 0 Å². The summed E-state index contributed by atoms with van der Waals surface area (Å²) in [6.07, 6.45) is 3.73. The van der Waals surface area contributed by atoms with Crippen LogP contribution in [0.15, 0.2) is 15.8 Å². The summed E-state index contributed by atoms with van der Waals surface area (Å²) in [6.45, 7) is 3.47. The maximum atomic E-state index is 14.7. The molecule has 1 saturated carbocycles. The molecule has 1 aliphatic carbocycles. The molecule has 2 atom stereocenters. The van der Waals surface area contributed by atoms with E-state index in [1.807, 2.05) is 11.9 Å². The Labute approximate surface area is 149 Å². The molecule has 4 rings (SSSR count). The largest absolute Gasteiger partial charge is 0.355 e. The molecule has 2 fully saturated rings. The Balaban J connectivity index is 1.84. The van der Waals surface area contributed by atoms with Crippen molar-refractivity contribution in [2.75, 3.05) is 30.9 Å². The average molecular weight is 362 g/mol. The summed E-state index contributed by atoms with van der Waals surface area (Å²) in [4.78, 5) is 31.1. The van der Waals surface area contributed by atoms with Crippen LogP contribution in [-0.4, -0.2) is 40.2 Å². The summed E-state index contributed by atoms with van der Waals surface area (Å²) in [5.41, 5.74) is -0.681. The third-order valence-electron chi connectivity index (χ3n) is 5.67. The monoisotopic (exact) mass is 362 g/mol. The molecule has 0 spiro atoms. The van der Waals surface area contributed by atoms with Crippen molar-refractivity contribution in [2.45, 2.75) is 38.1 Å². The van der Waals surface area contributed by atoms with Crippen LogP contribution in [0.5, 0.6) is 0 Å². The predicted molar refractivity (Wildman–Crippen MR) is 96.6 cm³/mol. The zero-order chi connectivity index (χ0) is 18.6. The van der Waals surface area contributed by atoms with Crippen molar-refractivity contribution in [2.24, 2.45) is 5.92 Å². The minimum absolute atomic E-state index is 0.0364. The molecule has 2 aromatic heterocycles. The molecule has 8 nitrogen and oxygen atoms in total. The fourth-order valence-corrected chi connectivity index (χ4v) is 3.78. The standard InChI is InChI=1S/C17H23FN6O2/c1-9(20-2)11-5-6-22(7-11)14-12(18)8-23-15(21-14)13(10-3-4-10)16(25)24(19)17(23)26/h8-11,20H,3-7,19H2,1-2H3/t9-,11?/m0/s1. The van der Waals surface area contributed by atoms with Gasteiger partial charge in [0, 0.05) is 19.1 Å². The van der Waals surface area contributed by atoms with E-state index in [4.69, 9.17) is 5.84 Å². The first kappa shape index (κ1) is 17.0. The second-order valence-corrected chi connectivity index (χ2v) is 7.32. The molecule has 0 amide bonds. The highest BCUT2D eigenvalue weighted by atomic mass is 19.1. The average Bonchev–Trinajstić information content (AvgIpc) is 3.35. The molecule has 0 radical (unpaired) electrons. The van der Waals surface area contributed by atoms with E-state index in [2.05, 4.69) is 17.2 Å². The molecule has 3 heterocycles. The smallest absolute Gasteiger partial charge is 0.354 e. The molecule has 9 heteroatoms. The molecule has 26 heavy (non-hydrogen) atoms. The molecule has 3 N–H and O–H groups in total. The summed E-state index contributed by atoms with van der Waals surface area (Å²) < 4.78 is 16.3. The van der Waals surface area contributed by atoms with Crippen LogP contribution in [0.4, 0.5) is 10.2 Å². The third-order valence-corrected chi connectivity index (χ3v) is 5.67. The second-order valence-electron chi connectivity index (χ2n) is 7.32. The number of nitrogen functional groups attached to an aromatic ring is 1. The normalized spacial score (nSPS) is 21.5. The Morgan fingerprint density at radius 3 is 2.73 bits per heavy atom. The molecule has 140 valence electrons. The topological polar surface area (TPSA) is 97.7 Å². The zero-order valence-corrected chi connectivity index (χ0v) is 14.9. The van der Waals surface area contributed by atoms with Crippen LogP contribution in [-0.2, 0) is 0 Å². The Hall–Kier alpha value is -2.42. The Kier molecular flexibility index (Phi) is 3.98. The molecule has 1 unspecified atom stereocenters. The van der Waals surface area contributed by atoms with E-state index in [0.717, 1.165) is 29.9 Å². The molecular weight excluding hydrogens is 339 g/mol. The number of nitrogens with one attached hydrogen (secondary N) is 1. The van der Waals surface area contributed by atoms with E-state index in [1.54, 1.807) is 0 Å². The van der Waals surface area contributed by atoms with Crippen LogP contribution in [0.2, 0.25) is 0 Å². The van der Waals surface area contributed by atoms with Crippen molar-refractivity contribution in [3.8, 4) is 0 Å². The summed E-state index contributed by atoms with van der Waals surface area (Å²) in [5.74, 6) is 5.63. The first-order valence-corrected chi connectivity index (χ1v) is 8.97. The van der Waals surface area contributed by atoms with Gasteiger partial charge in [0.25, 0.3) is 5.56 Å². The number of nitrogens with zero attached hydrogens (tertiary/aromatic N) is 4. The number of aromatic nitrogens is 3. The van der Waals surface area contributed by atoms with E-state index in [-0.39, 0.29) is 17.4 Å². The van der Waals surface area contributed by atoms with Gasteiger partial charge >= 0.3 is 5.69 Å². The number of halogens is 1. The number of hydrogen-bond acceptors (Lipinski definition) is 6. The van der Waals surface area contributed by atoms with E-state index in [9.17, 15) is 14.0 Å². The van der Waals surface area contributed by atoms with Crippen LogP contribution >= 0.6 is 0 Å². The van der Waals surface area contributed by atoms with Crippen LogP contribution < -0.4 is 27.3 Å². The van der Waals surface area contributed by atoms with Gasteiger partial charge in [0.2, 0.25) is 0 Å². The van der Waals surface area contributed by atoms with E-state index < -0.39 is 17.1 Å². The minimum atomic E-state index is -0.782. The van der Waals surface area contributed by atoms with Gasteiger partial charge < -0.3 is 16.1 Å².